The van der Waals surface area contributed by atoms with Gasteiger partial charge in [0, 0.05) is 12.0 Å². The van der Waals surface area contributed by atoms with E-state index in [-0.39, 0.29) is 10.3 Å². The normalized spacial score (nSPS) is 12.3. The minimum Gasteiger partial charge on any atom is -0.496 e. The van der Waals surface area contributed by atoms with E-state index in [4.69, 9.17) is 9.72 Å². The molecule has 0 aliphatic heterocycles. The Bertz CT molecular complexity index is 1430. The molecule has 1 heterocycles. The van der Waals surface area contributed by atoms with E-state index >= 15 is 0 Å². The van der Waals surface area contributed by atoms with Crippen LogP contribution in [-0.2, 0) is 21.9 Å². The van der Waals surface area contributed by atoms with Crippen LogP contribution in [0.4, 0.5) is 0 Å². The Morgan fingerprint density at radius 1 is 0.939 bits per heavy atom. The van der Waals surface area contributed by atoms with Crippen LogP contribution in [0.1, 0.15) is 48.8 Å². The number of para-hydroxylation sites is 1. The van der Waals surface area contributed by atoms with Crippen molar-refractivity contribution in [3.8, 4) is 5.75 Å². The maximum absolute atomic E-state index is 13.9. The third-order valence-electron chi connectivity index (χ3n) is 6.09. The average Bonchev–Trinajstić information content (AvgIpc) is 3.11. The molecule has 33 heavy (non-hydrogen) atoms. The van der Waals surface area contributed by atoms with E-state index in [1.165, 1.54) is 3.97 Å². The molecule has 6 heteroatoms. The van der Waals surface area contributed by atoms with Crippen molar-refractivity contribution in [2.75, 3.05) is 7.11 Å². The average molecular weight is 463 g/mol. The van der Waals surface area contributed by atoms with Crippen molar-refractivity contribution in [3.63, 3.8) is 0 Å². The van der Waals surface area contributed by atoms with E-state index in [0.29, 0.717) is 29.0 Å². The first kappa shape index (κ1) is 23.1. The highest BCUT2D eigenvalue weighted by Crippen LogP contribution is 2.30. The Morgan fingerprint density at radius 2 is 1.58 bits per heavy atom. The number of aromatic nitrogens is 2. The Balaban J connectivity index is 1.93. The van der Waals surface area contributed by atoms with Gasteiger partial charge in [-0.05, 0) is 66.3 Å². The molecule has 0 radical (unpaired) electrons. The molecule has 0 saturated heterocycles. The van der Waals surface area contributed by atoms with Crippen LogP contribution in [-0.4, -0.2) is 24.5 Å². The first-order valence-electron chi connectivity index (χ1n) is 11.0. The standard InChI is InChI=1S/C27H30N2O3S/c1-18-15-23-24(16-19(18)2)29(26(28-23)17-20-9-7-8-10-25(20)32-6)33(30,31)22-13-11-21(12-14-22)27(3,4)5/h7-16H,17H2,1-6H3. The summed E-state index contributed by atoms with van der Waals surface area (Å²) in [5.74, 6) is 1.16. The molecule has 172 valence electrons. The van der Waals surface area contributed by atoms with Gasteiger partial charge in [-0.3, -0.25) is 0 Å². The number of benzene rings is 3. The molecule has 4 rings (SSSR count). The summed E-state index contributed by atoms with van der Waals surface area (Å²) < 4.78 is 34.7. The highest BCUT2D eigenvalue weighted by molar-refractivity contribution is 7.90. The zero-order chi connectivity index (χ0) is 24.0. The van der Waals surface area contributed by atoms with Crippen molar-refractivity contribution in [2.45, 2.75) is 51.3 Å². The molecule has 0 spiro atoms. The SMILES string of the molecule is COc1ccccc1Cc1nc2cc(C)c(C)cc2n1S(=O)(=O)c1ccc(C(C)(C)C)cc1. The number of rotatable bonds is 5. The number of methoxy groups -OCH3 is 1. The first-order chi connectivity index (χ1) is 15.5. The molecule has 0 amide bonds. The molecule has 4 aromatic rings. The Kier molecular flexibility index (Phi) is 5.83. The van der Waals surface area contributed by atoms with Crippen LogP contribution in [0.25, 0.3) is 11.0 Å². The summed E-state index contributed by atoms with van der Waals surface area (Å²) >= 11 is 0. The van der Waals surface area contributed by atoms with Crippen LogP contribution >= 0.6 is 0 Å². The van der Waals surface area contributed by atoms with E-state index in [9.17, 15) is 8.42 Å². The maximum atomic E-state index is 13.9. The molecule has 0 saturated carbocycles. The lowest BCUT2D eigenvalue weighted by atomic mass is 9.87. The van der Waals surface area contributed by atoms with E-state index in [0.717, 1.165) is 22.3 Å². The topological polar surface area (TPSA) is 61.2 Å². The van der Waals surface area contributed by atoms with Crippen molar-refractivity contribution in [3.05, 3.63) is 88.7 Å². The van der Waals surface area contributed by atoms with Gasteiger partial charge in [-0.2, -0.15) is 0 Å². The van der Waals surface area contributed by atoms with E-state index in [1.807, 2.05) is 62.4 Å². The van der Waals surface area contributed by atoms with Gasteiger partial charge in [-0.25, -0.2) is 17.4 Å². The summed E-state index contributed by atoms with van der Waals surface area (Å²) in [6.07, 6.45) is 0.329. The van der Waals surface area contributed by atoms with Gasteiger partial charge in [-0.15, -0.1) is 0 Å². The zero-order valence-electron chi connectivity index (χ0n) is 20.0. The highest BCUT2D eigenvalue weighted by Gasteiger charge is 2.26. The fraction of sp³-hybridized carbons (Fsp3) is 0.296. The summed E-state index contributed by atoms with van der Waals surface area (Å²) in [5.41, 5.74) is 5.24. The first-order valence-corrected chi connectivity index (χ1v) is 12.4. The van der Waals surface area contributed by atoms with Gasteiger partial charge in [-0.1, -0.05) is 51.1 Å². The summed E-state index contributed by atoms with van der Waals surface area (Å²) in [6, 6.07) is 18.6. The van der Waals surface area contributed by atoms with Crippen LogP contribution in [0.15, 0.2) is 65.6 Å². The summed E-state index contributed by atoms with van der Waals surface area (Å²) in [4.78, 5) is 5.01. The highest BCUT2D eigenvalue weighted by atomic mass is 32.2. The summed E-state index contributed by atoms with van der Waals surface area (Å²) in [5, 5.41) is 0. The monoisotopic (exact) mass is 462 g/mol. The smallest absolute Gasteiger partial charge is 0.269 e. The lowest BCUT2D eigenvalue weighted by Gasteiger charge is -2.19. The van der Waals surface area contributed by atoms with Crippen LogP contribution in [0.2, 0.25) is 0 Å². The molecule has 0 N–H and O–H groups in total. The van der Waals surface area contributed by atoms with E-state index in [2.05, 4.69) is 20.8 Å². The quantitative estimate of drug-likeness (QED) is 0.377. The fourth-order valence-corrected chi connectivity index (χ4v) is 5.47. The molecule has 0 aliphatic carbocycles. The van der Waals surface area contributed by atoms with Crippen molar-refractivity contribution in [1.82, 2.24) is 8.96 Å². The molecular formula is C27H30N2O3S. The van der Waals surface area contributed by atoms with Crippen LogP contribution in [0.3, 0.4) is 0 Å². The number of nitrogens with zero attached hydrogens (tertiary/aromatic N) is 2. The molecule has 0 atom stereocenters. The second-order valence-electron chi connectivity index (χ2n) is 9.49. The van der Waals surface area contributed by atoms with Crippen LogP contribution in [0.5, 0.6) is 5.75 Å². The number of hydrogen-bond acceptors (Lipinski definition) is 4. The number of hydrogen-bond donors (Lipinski definition) is 0. The predicted molar refractivity (Wildman–Crippen MR) is 133 cm³/mol. The summed E-state index contributed by atoms with van der Waals surface area (Å²) in [7, 11) is -2.26. The van der Waals surface area contributed by atoms with Gasteiger partial charge < -0.3 is 4.74 Å². The van der Waals surface area contributed by atoms with Crippen LogP contribution in [0, 0.1) is 13.8 Å². The minimum absolute atomic E-state index is 0.0618. The number of imidazole rings is 1. The van der Waals surface area contributed by atoms with Gasteiger partial charge in [0.2, 0.25) is 0 Å². The zero-order valence-corrected chi connectivity index (χ0v) is 20.8. The lowest BCUT2D eigenvalue weighted by Crippen LogP contribution is -2.17. The Morgan fingerprint density at radius 3 is 2.21 bits per heavy atom. The molecule has 0 unspecified atom stereocenters. The van der Waals surface area contributed by atoms with Gasteiger partial charge in [0.05, 0.1) is 23.0 Å². The molecular weight excluding hydrogens is 432 g/mol. The van der Waals surface area contributed by atoms with Gasteiger partial charge in [0.25, 0.3) is 10.0 Å². The second kappa shape index (κ2) is 8.34. The van der Waals surface area contributed by atoms with Crippen molar-refractivity contribution in [2.24, 2.45) is 0 Å². The van der Waals surface area contributed by atoms with Crippen molar-refractivity contribution in [1.29, 1.82) is 0 Å². The van der Waals surface area contributed by atoms with Crippen molar-refractivity contribution < 1.29 is 13.2 Å². The molecule has 0 fully saturated rings. The number of aryl methyl sites for hydroxylation is 2. The molecule has 1 aromatic heterocycles. The maximum Gasteiger partial charge on any atom is 0.269 e. The number of fused-ring (bicyclic) bond motifs is 1. The summed E-state index contributed by atoms with van der Waals surface area (Å²) in [6.45, 7) is 10.3. The predicted octanol–water partition coefficient (Wildman–Crippen LogP) is 5.79. The third kappa shape index (κ3) is 4.27. The fourth-order valence-electron chi connectivity index (χ4n) is 3.99. The van der Waals surface area contributed by atoms with E-state index < -0.39 is 10.0 Å². The molecule has 3 aromatic carbocycles. The second-order valence-corrected chi connectivity index (χ2v) is 11.3. The Labute approximate surface area is 196 Å². The van der Waals surface area contributed by atoms with Crippen LogP contribution < -0.4 is 4.74 Å². The molecule has 5 nitrogen and oxygen atoms in total. The van der Waals surface area contributed by atoms with Gasteiger partial charge in [0.15, 0.2) is 0 Å². The Hall–Kier alpha value is -3.12. The number of ether oxygens (including phenoxy) is 1. The lowest BCUT2D eigenvalue weighted by molar-refractivity contribution is 0.410. The van der Waals surface area contributed by atoms with Gasteiger partial charge in [0.1, 0.15) is 11.6 Å². The molecule has 0 aliphatic rings. The van der Waals surface area contributed by atoms with Crippen molar-refractivity contribution >= 4 is 21.1 Å². The van der Waals surface area contributed by atoms with E-state index in [1.54, 1.807) is 19.2 Å². The molecule has 0 bridgehead atoms. The minimum atomic E-state index is -3.87. The van der Waals surface area contributed by atoms with Gasteiger partial charge >= 0.3 is 0 Å². The largest absolute Gasteiger partial charge is 0.496 e. The third-order valence-corrected chi connectivity index (χ3v) is 7.85.